The first-order valence-electron chi connectivity index (χ1n) is 14.9. The average molecular weight is 624 g/mol. The van der Waals surface area contributed by atoms with Gasteiger partial charge in [0.1, 0.15) is 6.04 Å². The Morgan fingerprint density at radius 2 is 1.79 bits per heavy atom. The van der Waals surface area contributed by atoms with Crippen LogP contribution in [0.5, 0.6) is 0 Å². The molecule has 0 radical (unpaired) electrons. The van der Waals surface area contributed by atoms with E-state index in [-0.39, 0.29) is 35.6 Å². The molecule has 0 saturated carbocycles. The van der Waals surface area contributed by atoms with Gasteiger partial charge >= 0.3 is 6.03 Å². The highest BCUT2D eigenvalue weighted by molar-refractivity contribution is 6.42. The van der Waals surface area contributed by atoms with Gasteiger partial charge in [-0.3, -0.25) is 19.7 Å². The van der Waals surface area contributed by atoms with E-state index < -0.39 is 11.9 Å². The summed E-state index contributed by atoms with van der Waals surface area (Å²) in [5.41, 5.74) is 2.98. The van der Waals surface area contributed by atoms with Gasteiger partial charge in [-0.1, -0.05) is 61.0 Å². The van der Waals surface area contributed by atoms with Crippen molar-refractivity contribution in [2.24, 2.45) is 5.92 Å². The molecule has 0 bridgehead atoms. The zero-order chi connectivity index (χ0) is 30.7. The molecule has 0 spiro atoms. The van der Waals surface area contributed by atoms with Crippen molar-refractivity contribution in [2.45, 2.75) is 70.4 Å². The molecule has 2 saturated heterocycles. The molecule has 1 unspecified atom stereocenters. The molecule has 3 heterocycles. The van der Waals surface area contributed by atoms with Crippen molar-refractivity contribution in [1.29, 1.82) is 0 Å². The van der Waals surface area contributed by atoms with Crippen LogP contribution in [0.25, 0.3) is 0 Å². The molecule has 226 valence electrons. The molecule has 10 heteroatoms. The number of hydrogen-bond donors (Lipinski definition) is 2. The maximum atomic E-state index is 13.1. The van der Waals surface area contributed by atoms with E-state index in [1.165, 1.54) is 0 Å². The number of nitrogens with zero attached hydrogens (tertiary/aromatic N) is 2. The number of hydrogen-bond acceptors (Lipinski definition) is 4. The van der Waals surface area contributed by atoms with Crippen molar-refractivity contribution in [2.75, 3.05) is 19.6 Å². The Bertz CT molecular complexity index is 1500. The SMILES string of the molecule is CCC(CC)(CNC(=O)N1CCC(C#Cc2cccc3c2CN(C2CCC(=O)NC2=O)C3=O)CC1)c1ccc(Cl)c(Cl)c1. The van der Waals surface area contributed by atoms with Gasteiger partial charge < -0.3 is 15.1 Å². The smallest absolute Gasteiger partial charge is 0.317 e. The third-order valence-electron chi connectivity index (χ3n) is 9.24. The summed E-state index contributed by atoms with van der Waals surface area (Å²) in [6, 6.07) is 10.4. The van der Waals surface area contributed by atoms with Crippen LogP contribution in [0.4, 0.5) is 4.79 Å². The van der Waals surface area contributed by atoms with E-state index >= 15 is 0 Å². The highest BCUT2D eigenvalue weighted by Gasteiger charge is 2.39. The first-order chi connectivity index (χ1) is 20.7. The van der Waals surface area contributed by atoms with E-state index in [0.29, 0.717) is 48.2 Å². The topological polar surface area (TPSA) is 98.8 Å². The van der Waals surface area contributed by atoms with Crippen LogP contribution < -0.4 is 10.6 Å². The van der Waals surface area contributed by atoms with Crippen molar-refractivity contribution < 1.29 is 19.2 Å². The van der Waals surface area contributed by atoms with Crippen LogP contribution in [0, 0.1) is 17.8 Å². The maximum Gasteiger partial charge on any atom is 0.317 e. The van der Waals surface area contributed by atoms with Gasteiger partial charge in [0, 0.05) is 55.1 Å². The Morgan fingerprint density at radius 1 is 1.05 bits per heavy atom. The molecule has 2 N–H and O–H groups in total. The van der Waals surface area contributed by atoms with Gasteiger partial charge in [0.25, 0.3) is 5.91 Å². The molecule has 43 heavy (non-hydrogen) atoms. The minimum atomic E-state index is -0.655. The van der Waals surface area contributed by atoms with Crippen LogP contribution in [0.1, 0.15) is 79.4 Å². The summed E-state index contributed by atoms with van der Waals surface area (Å²) in [5, 5.41) is 6.53. The highest BCUT2D eigenvalue weighted by atomic mass is 35.5. The van der Waals surface area contributed by atoms with Crippen LogP contribution in [0.15, 0.2) is 36.4 Å². The monoisotopic (exact) mass is 622 g/mol. The lowest BCUT2D eigenvalue weighted by molar-refractivity contribution is -0.136. The lowest BCUT2D eigenvalue weighted by Gasteiger charge is -2.35. The Morgan fingerprint density at radius 3 is 2.47 bits per heavy atom. The molecule has 8 nitrogen and oxygen atoms in total. The molecular weight excluding hydrogens is 587 g/mol. The summed E-state index contributed by atoms with van der Waals surface area (Å²) in [4.78, 5) is 53.6. The molecule has 2 aromatic rings. The van der Waals surface area contributed by atoms with Crippen molar-refractivity contribution in [3.05, 3.63) is 68.7 Å². The van der Waals surface area contributed by atoms with Crippen molar-refractivity contribution in [3.8, 4) is 11.8 Å². The molecule has 1 atom stereocenters. The summed E-state index contributed by atoms with van der Waals surface area (Å²) in [5.74, 6) is 5.85. The van der Waals surface area contributed by atoms with Crippen molar-refractivity contribution in [1.82, 2.24) is 20.4 Å². The second kappa shape index (κ2) is 13.0. The average Bonchev–Trinajstić information content (AvgIpc) is 3.35. The summed E-state index contributed by atoms with van der Waals surface area (Å²) in [7, 11) is 0. The zero-order valence-corrected chi connectivity index (χ0v) is 26.0. The summed E-state index contributed by atoms with van der Waals surface area (Å²) < 4.78 is 0. The molecule has 3 aliphatic heterocycles. The van der Waals surface area contributed by atoms with Crippen molar-refractivity contribution >= 4 is 47.0 Å². The number of amides is 5. The second-order valence-electron chi connectivity index (χ2n) is 11.5. The molecule has 3 aliphatic rings. The highest BCUT2D eigenvalue weighted by Crippen LogP contribution is 2.35. The van der Waals surface area contributed by atoms with Crippen molar-refractivity contribution in [3.63, 3.8) is 0 Å². The molecule has 2 fully saturated rings. The Hall–Kier alpha value is -3.54. The first-order valence-corrected chi connectivity index (χ1v) is 15.7. The van der Waals surface area contributed by atoms with E-state index in [2.05, 4.69) is 36.3 Å². The zero-order valence-electron chi connectivity index (χ0n) is 24.5. The summed E-state index contributed by atoms with van der Waals surface area (Å²) in [6.07, 6.45) is 3.76. The predicted molar refractivity (Wildman–Crippen MR) is 166 cm³/mol. The van der Waals surface area contributed by atoms with Gasteiger partial charge in [-0.05, 0) is 67.5 Å². The molecule has 5 rings (SSSR count). The molecule has 5 amide bonds. The van der Waals surface area contributed by atoms with Crippen LogP contribution in [0.2, 0.25) is 10.0 Å². The third kappa shape index (κ3) is 6.39. The van der Waals surface area contributed by atoms with Gasteiger partial charge in [0.2, 0.25) is 11.8 Å². The van der Waals surface area contributed by atoms with E-state index in [9.17, 15) is 19.2 Å². The van der Waals surface area contributed by atoms with E-state index in [4.69, 9.17) is 23.2 Å². The number of nitrogens with one attached hydrogen (secondary N) is 2. The maximum absolute atomic E-state index is 13.1. The van der Waals surface area contributed by atoms with Gasteiger partial charge in [-0.15, -0.1) is 0 Å². The fourth-order valence-electron chi connectivity index (χ4n) is 6.30. The number of benzene rings is 2. The minimum Gasteiger partial charge on any atom is -0.337 e. The summed E-state index contributed by atoms with van der Waals surface area (Å²) >= 11 is 12.4. The fraction of sp³-hybridized carbons (Fsp3) is 0.455. The Labute approximate surface area is 262 Å². The molecule has 2 aromatic carbocycles. The number of piperidine rings is 2. The number of rotatable bonds is 6. The molecular formula is C33H36Cl2N4O4. The molecule has 0 aliphatic carbocycles. The van der Waals surface area contributed by atoms with Crippen LogP contribution in [0.3, 0.4) is 0 Å². The van der Waals surface area contributed by atoms with Crippen LogP contribution in [-0.4, -0.2) is 59.2 Å². The first kappa shape index (κ1) is 30.9. The largest absolute Gasteiger partial charge is 0.337 e. The lowest BCUT2D eigenvalue weighted by Crippen LogP contribution is -2.52. The second-order valence-corrected chi connectivity index (χ2v) is 12.4. The van der Waals surface area contributed by atoms with E-state index in [0.717, 1.165) is 42.4 Å². The normalized spacial score (nSPS) is 19.1. The number of fused-ring (bicyclic) bond motifs is 1. The van der Waals surface area contributed by atoms with Crippen LogP contribution in [-0.2, 0) is 21.5 Å². The number of carbonyl (C=O) groups excluding carboxylic acids is 4. The predicted octanol–water partition coefficient (Wildman–Crippen LogP) is 5.29. The van der Waals surface area contributed by atoms with E-state index in [1.54, 1.807) is 11.0 Å². The Kier molecular flexibility index (Phi) is 9.33. The number of imide groups is 1. The summed E-state index contributed by atoms with van der Waals surface area (Å²) in [6.45, 7) is 6.25. The minimum absolute atomic E-state index is 0.0781. The van der Waals surface area contributed by atoms with Gasteiger partial charge in [0.15, 0.2) is 0 Å². The molecule has 0 aromatic heterocycles. The van der Waals surface area contributed by atoms with E-state index in [1.807, 2.05) is 35.2 Å². The number of halogens is 2. The standard InChI is InChI=1S/C33H36Cl2N4O4/c1-3-33(4-2,23-10-11-26(34)27(35)18-23)20-36-32(43)38-16-14-21(15-17-38)8-9-22-6-5-7-24-25(22)19-39(31(24)42)28-12-13-29(40)37-30(28)41/h5-7,10-11,18,21,28H,3-4,12-17,19-20H2,1-2H3,(H,36,43)(H,37,40,41). The Balaban J connectivity index is 1.18. The fourth-order valence-corrected chi connectivity index (χ4v) is 6.60. The third-order valence-corrected chi connectivity index (χ3v) is 9.98. The number of likely N-dealkylation sites (tertiary alicyclic amines) is 1. The van der Waals surface area contributed by atoms with Gasteiger partial charge in [0.05, 0.1) is 10.0 Å². The number of urea groups is 1. The lowest BCUT2D eigenvalue weighted by atomic mass is 9.76. The van der Waals surface area contributed by atoms with Gasteiger partial charge in [-0.25, -0.2) is 4.79 Å². The quantitative estimate of drug-likeness (QED) is 0.338. The van der Waals surface area contributed by atoms with Crippen LogP contribution >= 0.6 is 23.2 Å². The number of carbonyl (C=O) groups is 4. The van der Waals surface area contributed by atoms with Gasteiger partial charge in [-0.2, -0.15) is 0 Å².